The van der Waals surface area contributed by atoms with Crippen molar-refractivity contribution >= 4 is 24.3 Å². The van der Waals surface area contributed by atoms with E-state index in [0.717, 1.165) is 37.7 Å². The summed E-state index contributed by atoms with van der Waals surface area (Å²) in [5.41, 5.74) is -1.75. The summed E-state index contributed by atoms with van der Waals surface area (Å²) in [5, 5.41) is 20.0. The topological polar surface area (TPSA) is 74.6 Å². The first-order chi connectivity index (χ1) is 11.8. The fraction of sp³-hybridized carbons (Fsp3) is 0.619. The molecule has 0 radical (unpaired) electrons. The molecule has 0 saturated carbocycles. The van der Waals surface area contributed by atoms with Gasteiger partial charge in [0.1, 0.15) is 0 Å². The quantitative estimate of drug-likeness (QED) is 0.461. The van der Waals surface area contributed by atoms with Gasteiger partial charge in [0.15, 0.2) is 0 Å². The molecule has 0 saturated heterocycles. The summed E-state index contributed by atoms with van der Waals surface area (Å²) < 4.78 is 0. The number of hydrogen-bond donors (Lipinski definition) is 2. The van der Waals surface area contributed by atoms with Gasteiger partial charge in [0.2, 0.25) is 0 Å². The number of carboxylic acids is 2. The van der Waals surface area contributed by atoms with Crippen molar-refractivity contribution in [1.29, 1.82) is 0 Å². The van der Waals surface area contributed by atoms with E-state index in [-0.39, 0.29) is 18.8 Å². The Balaban J connectivity index is 0.00000625. The van der Waals surface area contributed by atoms with Crippen LogP contribution in [0.4, 0.5) is 0 Å². The minimum Gasteiger partial charge on any atom is -0.481 e. The van der Waals surface area contributed by atoms with Crippen LogP contribution in [0.25, 0.3) is 0 Å². The molecular formula is C21H33ClO4. The Hall–Kier alpha value is -1.55. The lowest BCUT2D eigenvalue weighted by Crippen LogP contribution is -2.52. The molecule has 0 amide bonds. The number of rotatable bonds is 12. The van der Waals surface area contributed by atoms with Crippen LogP contribution < -0.4 is 0 Å². The van der Waals surface area contributed by atoms with Crippen LogP contribution in [0.15, 0.2) is 30.3 Å². The minimum absolute atomic E-state index is 0. The standard InChI is InChI=1S/C21H32O4.ClH/c1-4-6-7-8-12-15-21(5-2,19(24)25)20(3,18(22)23)16-17-13-10-9-11-14-17;/h9-11,13-14H,4-8,12,15-16H2,1-3H3,(H,22,23)(H,24,25);1H. The van der Waals surface area contributed by atoms with E-state index in [4.69, 9.17) is 0 Å². The Kier molecular flexibility index (Phi) is 10.6. The molecule has 5 heteroatoms. The smallest absolute Gasteiger partial charge is 0.310 e. The number of carboxylic acid groups (broad SMARTS) is 2. The van der Waals surface area contributed by atoms with Gasteiger partial charge in [0.25, 0.3) is 0 Å². The molecule has 2 atom stereocenters. The Morgan fingerprint density at radius 3 is 1.96 bits per heavy atom. The van der Waals surface area contributed by atoms with Crippen molar-refractivity contribution in [1.82, 2.24) is 0 Å². The van der Waals surface area contributed by atoms with Crippen molar-refractivity contribution in [2.45, 2.75) is 72.1 Å². The van der Waals surface area contributed by atoms with E-state index in [1.165, 1.54) is 0 Å². The summed E-state index contributed by atoms with van der Waals surface area (Å²) in [6.07, 6.45) is 5.95. The molecule has 1 aromatic carbocycles. The average molecular weight is 385 g/mol. The van der Waals surface area contributed by atoms with Crippen molar-refractivity contribution < 1.29 is 19.8 Å². The number of unbranched alkanes of at least 4 members (excludes halogenated alkanes) is 4. The van der Waals surface area contributed by atoms with E-state index in [0.29, 0.717) is 12.8 Å². The normalized spacial score (nSPS) is 15.3. The van der Waals surface area contributed by atoms with Crippen molar-refractivity contribution in [3.05, 3.63) is 35.9 Å². The lowest BCUT2D eigenvalue weighted by atomic mass is 9.58. The first-order valence-corrected chi connectivity index (χ1v) is 9.34. The van der Waals surface area contributed by atoms with Crippen molar-refractivity contribution in [3.63, 3.8) is 0 Å². The molecule has 0 aliphatic rings. The monoisotopic (exact) mass is 384 g/mol. The van der Waals surface area contributed by atoms with Crippen molar-refractivity contribution in [2.75, 3.05) is 0 Å². The maximum absolute atomic E-state index is 12.3. The molecule has 0 aromatic heterocycles. The van der Waals surface area contributed by atoms with Gasteiger partial charge >= 0.3 is 11.9 Å². The Morgan fingerprint density at radius 1 is 0.923 bits per heavy atom. The highest BCUT2D eigenvalue weighted by Gasteiger charge is 2.56. The first-order valence-electron chi connectivity index (χ1n) is 9.34. The van der Waals surface area contributed by atoms with E-state index < -0.39 is 22.8 Å². The van der Waals surface area contributed by atoms with Gasteiger partial charge in [0.05, 0.1) is 10.8 Å². The van der Waals surface area contributed by atoms with E-state index in [9.17, 15) is 19.8 Å². The van der Waals surface area contributed by atoms with Gasteiger partial charge in [-0.3, -0.25) is 9.59 Å². The summed E-state index contributed by atoms with van der Waals surface area (Å²) in [7, 11) is 0. The fourth-order valence-corrected chi connectivity index (χ4v) is 3.82. The van der Waals surface area contributed by atoms with Gasteiger partial charge in [-0.1, -0.05) is 76.3 Å². The zero-order valence-corrected chi connectivity index (χ0v) is 17.0. The summed E-state index contributed by atoms with van der Waals surface area (Å²) in [5.74, 6) is -2.03. The van der Waals surface area contributed by atoms with E-state index in [2.05, 4.69) is 6.92 Å². The molecule has 2 N–H and O–H groups in total. The Labute approximate surface area is 163 Å². The highest BCUT2D eigenvalue weighted by Crippen LogP contribution is 2.49. The number of benzene rings is 1. The molecular weight excluding hydrogens is 352 g/mol. The third-order valence-corrected chi connectivity index (χ3v) is 5.65. The van der Waals surface area contributed by atoms with Crippen LogP contribution in [0.5, 0.6) is 0 Å². The molecule has 0 heterocycles. The lowest BCUT2D eigenvalue weighted by molar-refractivity contribution is -0.174. The molecule has 0 bridgehead atoms. The second-order valence-corrected chi connectivity index (χ2v) is 7.20. The summed E-state index contributed by atoms with van der Waals surface area (Å²) in [6, 6.07) is 9.32. The minimum atomic E-state index is -1.35. The van der Waals surface area contributed by atoms with Crippen LogP contribution in [-0.4, -0.2) is 22.2 Å². The molecule has 0 fully saturated rings. The Bertz CT molecular complexity index is 560. The lowest BCUT2D eigenvalue weighted by Gasteiger charge is -2.43. The SMILES string of the molecule is CCCCCCCC(CC)(C(=O)O)C(C)(Cc1ccccc1)C(=O)O.Cl. The number of carbonyl (C=O) groups is 2. The van der Waals surface area contributed by atoms with Crippen LogP contribution in [0.3, 0.4) is 0 Å². The van der Waals surface area contributed by atoms with Crippen molar-refractivity contribution in [2.24, 2.45) is 10.8 Å². The van der Waals surface area contributed by atoms with Gasteiger partial charge in [0, 0.05) is 0 Å². The highest BCUT2D eigenvalue weighted by molar-refractivity contribution is 5.86. The van der Waals surface area contributed by atoms with E-state index in [1.807, 2.05) is 30.3 Å². The van der Waals surface area contributed by atoms with E-state index in [1.54, 1.807) is 13.8 Å². The van der Waals surface area contributed by atoms with E-state index >= 15 is 0 Å². The number of hydrogen-bond acceptors (Lipinski definition) is 2. The maximum Gasteiger partial charge on any atom is 0.310 e. The second-order valence-electron chi connectivity index (χ2n) is 7.20. The number of aliphatic carboxylic acids is 2. The highest BCUT2D eigenvalue weighted by atomic mass is 35.5. The van der Waals surface area contributed by atoms with Gasteiger partial charge in [-0.2, -0.15) is 0 Å². The zero-order chi connectivity index (χ0) is 18.9. The molecule has 0 spiro atoms. The van der Waals surface area contributed by atoms with Gasteiger partial charge in [-0.15, -0.1) is 12.4 Å². The summed E-state index contributed by atoms with van der Waals surface area (Å²) in [6.45, 7) is 5.54. The van der Waals surface area contributed by atoms with Gasteiger partial charge in [-0.25, -0.2) is 0 Å². The molecule has 4 nitrogen and oxygen atoms in total. The molecule has 1 rings (SSSR count). The summed E-state index contributed by atoms with van der Waals surface area (Å²) >= 11 is 0. The van der Waals surface area contributed by atoms with Crippen LogP contribution in [0, 0.1) is 10.8 Å². The molecule has 148 valence electrons. The predicted molar refractivity (Wildman–Crippen MR) is 107 cm³/mol. The van der Waals surface area contributed by atoms with Gasteiger partial charge < -0.3 is 10.2 Å². The zero-order valence-electron chi connectivity index (χ0n) is 16.2. The average Bonchev–Trinajstić information content (AvgIpc) is 2.58. The predicted octanol–water partition coefficient (Wildman–Crippen LogP) is 5.58. The summed E-state index contributed by atoms with van der Waals surface area (Å²) in [4.78, 5) is 24.5. The molecule has 0 aliphatic carbocycles. The van der Waals surface area contributed by atoms with Gasteiger partial charge in [-0.05, 0) is 31.7 Å². The third-order valence-electron chi connectivity index (χ3n) is 5.65. The molecule has 0 aliphatic heterocycles. The molecule has 2 unspecified atom stereocenters. The fourth-order valence-electron chi connectivity index (χ4n) is 3.82. The van der Waals surface area contributed by atoms with Crippen molar-refractivity contribution in [3.8, 4) is 0 Å². The molecule has 26 heavy (non-hydrogen) atoms. The largest absolute Gasteiger partial charge is 0.481 e. The first kappa shape index (κ1) is 24.5. The molecule has 1 aromatic rings. The number of halogens is 1. The van der Waals surface area contributed by atoms with Crippen LogP contribution >= 0.6 is 12.4 Å². The Morgan fingerprint density at radius 2 is 1.50 bits per heavy atom. The van der Waals surface area contributed by atoms with Crippen LogP contribution in [-0.2, 0) is 16.0 Å². The third kappa shape index (κ3) is 5.47. The maximum atomic E-state index is 12.3. The second kappa shape index (κ2) is 11.2. The van der Waals surface area contributed by atoms with Crippen LogP contribution in [0.2, 0.25) is 0 Å². The van der Waals surface area contributed by atoms with Crippen LogP contribution in [0.1, 0.15) is 71.3 Å².